The van der Waals surface area contributed by atoms with Crippen LogP contribution in [-0.4, -0.2) is 24.2 Å². The average Bonchev–Trinajstić information content (AvgIpc) is 2.27. The van der Waals surface area contributed by atoms with Gasteiger partial charge in [0, 0.05) is 17.9 Å². The summed E-state index contributed by atoms with van der Waals surface area (Å²) >= 11 is 0. The number of phenols is 1. The van der Waals surface area contributed by atoms with Gasteiger partial charge in [-0.25, -0.2) is 0 Å². The summed E-state index contributed by atoms with van der Waals surface area (Å²) in [7, 11) is 0. The largest absolute Gasteiger partial charge is 0.507 e. The third-order valence-electron chi connectivity index (χ3n) is 2.34. The molecule has 0 saturated heterocycles. The molecule has 0 aliphatic rings. The maximum absolute atomic E-state index is 11.4. The summed E-state index contributed by atoms with van der Waals surface area (Å²) in [6, 6.07) is 3.53. The molecule has 0 bridgehead atoms. The zero-order valence-corrected chi connectivity index (χ0v) is 9.83. The molecule has 0 aromatic heterocycles. The highest BCUT2D eigenvalue weighted by molar-refractivity contribution is 5.92. The van der Waals surface area contributed by atoms with Crippen molar-refractivity contribution in [2.75, 3.05) is 18.5 Å². The summed E-state index contributed by atoms with van der Waals surface area (Å²) in [6.45, 7) is 5.94. The molecule has 2 N–H and O–H groups in total. The summed E-state index contributed by atoms with van der Waals surface area (Å²) < 4.78 is 4.99. The average molecular weight is 223 g/mol. The lowest BCUT2D eigenvalue weighted by Gasteiger charge is -2.11. The molecule has 0 aliphatic carbocycles. The molecule has 0 aliphatic heterocycles. The lowest BCUT2D eigenvalue weighted by atomic mass is 10.1. The van der Waals surface area contributed by atoms with Gasteiger partial charge in [0.05, 0.1) is 0 Å². The Kier molecular flexibility index (Phi) is 4.31. The summed E-state index contributed by atoms with van der Waals surface area (Å²) in [5.74, 6) is 0.00223. The molecular weight excluding hydrogens is 206 g/mol. The predicted octanol–water partition coefficient (Wildman–Crippen LogP) is 1.98. The van der Waals surface area contributed by atoms with E-state index >= 15 is 0 Å². The van der Waals surface area contributed by atoms with E-state index in [1.54, 1.807) is 19.1 Å². The Morgan fingerprint density at radius 1 is 1.44 bits per heavy atom. The zero-order valence-electron chi connectivity index (χ0n) is 9.83. The van der Waals surface area contributed by atoms with E-state index in [1.165, 1.54) is 0 Å². The van der Waals surface area contributed by atoms with Crippen molar-refractivity contribution in [1.29, 1.82) is 0 Å². The molecule has 4 nitrogen and oxygen atoms in total. The van der Waals surface area contributed by atoms with Crippen LogP contribution in [0.4, 0.5) is 5.69 Å². The number of amides is 1. The molecule has 0 unspecified atom stereocenters. The fourth-order valence-electron chi connectivity index (χ4n) is 1.35. The van der Waals surface area contributed by atoms with E-state index in [0.29, 0.717) is 17.9 Å². The van der Waals surface area contributed by atoms with Gasteiger partial charge < -0.3 is 15.2 Å². The number of hydrogen-bond acceptors (Lipinski definition) is 3. The van der Waals surface area contributed by atoms with Gasteiger partial charge in [-0.15, -0.1) is 0 Å². The highest BCUT2D eigenvalue weighted by Crippen LogP contribution is 2.27. The molecule has 1 rings (SSSR count). The van der Waals surface area contributed by atoms with Crippen LogP contribution in [0.3, 0.4) is 0 Å². The van der Waals surface area contributed by atoms with Crippen molar-refractivity contribution < 1.29 is 14.6 Å². The van der Waals surface area contributed by atoms with Gasteiger partial charge in [0.25, 0.3) is 0 Å². The summed E-state index contributed by atoms with van der Waals surface area (Å²) in [6.07, 6.45) is 0. The molecule has 4 heteroatoms. The van der Waals surface area contributed by atoms with Crippen LogP contribution in [0.25, 0.3) is 0 Å². The number of rotatable bonds is 4. The van der Waals surface area contributed by atoms with E-state index in [1.807, 2.05) is 13.8 Å². The summed E-state index contributed by atoms with van der Waals surface area (Å²) in [4.78, 5) is 11.4. The highest BCUT2D eigenvalue weighted by atomic mass is 16.5. The van der Waals surface area contributed by atoms with Gasteiger partial charge in [0.15, 0.2) is 0 Å². The SMILES string of the molecule is CCOCC(=O)Nc1ccc(C)c(O)c1C. The minimum Gasteiger partial charge on any atom is -0.507 e. The first kappa shape index (κ1) is 12.5. The van der Waals surface area contributed by atoms with Crippen LogP contribution in [-0.2, 0) is 9.53 Å². The van der Waals surface area contributed by atoms with E-state index in [9.17, 15) is 9.90 Å². The summed E-state index contributed by atoms with van der Waals surface area (Å²) in [5.41, 5.74) is 2.08. The summed E-state index contributed by atoms with van der Waals surface area (Å²) in [5, 5.41) is 12.4. The van der Waals surface area contributed by atoms with Crippen molar-refractivity contribution in [3.63, 3.8) is 0 Å². The van der Waals surface area contributed by atoms with E-state index in [2.05, 4.69) is 5.32 Å². The standard InChI is InChI=1S/C12H17NO3/c1-4-16-7-11(14)13-10-6-5-8(2)12(15)9(10)3/h5-6,15H,4,7H2,1-3H3,(H,13,14). The Morgan fingerprint density at radius 3 is 2.75 bits per heavy atom. The van der Waals surface area contributed by atoms with Crippen molar-refractivity contribution in [2.45, 2.75) is 20.8 Å². The van der Waals surface area contributed by atoms with Crippen molar-refractivity contribution in [2.24, 2.45) is 0 Å². The third-order valence-corrected chi connectivity index (χ3v) is 2.34. The second-order valence-electron chi connectivity index (χ2n) is 3.59. The topological polar surface area (TPSA) is 58.6 Å². The van der Waals surface area contributed by atoms with Crippen molar-refractivity contribution in [3.8, 4) is 5.75 Å². The molecule has 88 valence electrons. The molecule has 0 radical (unpaired) electrons. The minimum absolute atomic E-state index is 0.0323. The van der Waals surface area contributed by atoms with E-state index in [-0.39, 0.29) is 18.3 Å². The molecule has 1 aromatic carbocycles. The second-order valence-corrected chi connectivity index (χ2v) is 3.59. The van der Waals surface area contributed by atoms with Crippen LogP contribution in [0.1, 0.15) is 18.1 Å². The number of ether oxygens (including phenoxy) is 1. The van der Waals surface area contributed by atoms with Crippen LogP contribution in [0.15, 0.2) is 12.1 Å². The number of carbonyl (C=O) groups excluding carboxylic acids is 1. The van der Waals surface area contributed by atoms with Gasteiger partial charge in [-0.05, 0) is 32.4 Å². The quantitative estimate of drug-likeness (QED) is 0.820. The van der Waals surface area contributed by atoms with Crippen LogP contribution < -0.4 is 5.32 Å². The van der Waals surface area contributed by atoms with Gasteiger partial charge in [-0.3, -0.25) is 4.79 Å². The van der Waals surface area contributed by atoms with Gasteiger partial charge in [0.1, 0.15) is 12.4 Å². The fourth-order valence-corrected chi connectivity index (χ4v) is 1.35. The lowest BCUT2D eigenvalue weighted by Crippen LogP contribution is -2.18. The fraction of sp³-hybridized carbons (Fsp3) is 0.417. The van der Waals surface area contributed by atoms with E-state index < -0.39 is 0 Å². The molecule has 0 heterocycles. The number of carbonyl (C=O) groups is 1. The van der Waals surface area contributed by atoms with Crippen molar-refractivity contribution in [3.05, 3.63) is 23.3 Å². The van der Waals surface area contributed by atoms with Crippen LogP contribution >= 0.6 is 0 Å². The number of hydrogen-bond donors (Lipinski definition) is 2. The third kappa shape index (κ3) is 2.97. The number of benzene rings is 1. The van der Waals surface area contributed by atoms with Crippen LogP contribution in [0.2, 0.25) is 0 Å². The number of anilines is 1. The molecule has 1 amide bonds. The second kappa shape index (κ2) is 5.51. The Labute approximate surface area is 95.2 Å². The highest BCUT2D eigenvalue weighted by Gasteiger charge is 2.08. The molecule has 0 saturated carbocycles. The van der Waals surface area contributed by atoms with E-state index in [4.69, 9.17) is 4.74 Å². The lowest BCUT2D eigenvalue weighted by molar-refractivity contribution is -0.120. The molecule has 0 fully saturated rings. The molecule has 1 aromatic rings. The number of aromatic hydroxyl groups is 1. The molecule has 0 spiro atoms. The maximum atomic E-state index is 11.4. The Morgan fingerprint density at radius 2 is 2.12 bits per heavy atom. The molecule has 16 heavy (non-hydrogen) atoms. The Bertz CT molecular complexity index is 388. The van der Waals surface area contributed by atoms with Gasteiger partial charge >= 0.3 is 0 Å². The first-order chi connectivity index (χ1) is 7.56. The first-order valence-corrected chi connectivity index (χ1v) is 5.23. The smallest absolute Gasteiger partial charge is 0.250 e. The number of nitrogens with one attached hydrogen (secondary N) is 1. The maximum Gasteiger partial charge on any atom is 0.250 e. The molecule has 0 atom stereocenters. The first-order valence-electron chi connectivity index (χ1n) is 5.23. The van der Waals surface area contributed by atoms with Gasteiger partial charge in [-0.2, -0.15) is 0 Å². The Hall–Kier alpha value is -1.55. The Balaban J connectivity index is 2.74. The number of aryl methyl sites for hydroxylation is 1. The van der Waals surface area contributed by atoms with Crippen LogP contribution in [0, 0.1) is 13.8 Å². The van der Waals surface area contributed by atoms with Gasteiger partial charge in [0.2, 0.25) is 5.91 Å². The van der Waals surface area contributed by atoms with Crippen molar-refractivity contribution in [1.82, 2.24) is 0 Å². The minimum atomic E-state index is -0.215. The van der Waals surface area contributed by atoms with E-state index in [0.717, 1.165) is 5.56 Å². The monoisotopic (exact) mass is 223 g/mol. The van der Waals surface area contributed by atoms with Crippen LogP contribution in [0.5, 0.6) is 5.75 Å². The molecular formula is C12H17NO3. The van der Waals surface area contributed by atoms with Crippen molar-refractivity contribution >= 4 is 11.6 Å². The zero-order chi connectivity index (χ0) is 12.1. The number of phenolic OH excluding ortho intramolecular Hbond substituents is 1. The normalized spacial score (nSPS) is 10.2. The van der Waals surface area contributed by atoms with Gasteiger partial charge in [-0.1, -0.05) is 6.07 Å². The predicted molar refractivity (Wildman–Crippen MR) is 62.7 cm³/mol.